The van der Waals surface area contributed by atoms with Gasteiger partial charge in [0.2, 0.25) is 0 Å². The quantitative estimate of drug-likeness (QED) is 0.821. The smallest absolute Gasteiger partial charge is 0.0178 e. The van der Waals surface area contributed by atoms with Crippen LogP contribution in [0.25, 0.3) is 0 Å². The van der Waals surface area contributed by atoms with Gasteiger partial charge in [0.1, 0.15) is 0 Å². The molecule has 0 aliphatic heterocycles. The predicted octanol–water partition coefficient (Wildman–Crippen LogP) is 1.47. The summed E-state index contributed by atoms with van der Waals surface area (Å²) in [4.78, 5) is 0. The van der Waals surface area contributed by atoms with Crippen molar-refractivity contribution in [1.29, 1.82) is 0 Å². The van der Waals surface area contributed by atoms with E-state index in [1.807, 2.05) is 60.7 Å². The molecule has 0 aromatic heterocycles. The van der Waals surface area contributed by atoms with Crippen LogP contribution >= 0.6 is 0 Å². The van der Waals surface area contributed by atoms with Gasteiger partial charge >= 0.3 is 0 Å². The van der Waals surface area contributed by atoms with Crippen LogP contribution < -0.4 is 11.5 Å². The highest BCUT2D eigenvalue weighted by Crippen LogP contribution is 1.94. The lowest BCUT2D eigenvalue weighted by molar-refractivity contribution is 0.824. The fraction of sp³-hybridized carbons (Fsp3) is 0.143. The molecule has 0 atom stereocenters. The second kappa shape index (κ2) is 9.54. The summed E-state index contributed by atoms with van der Waals surface area (Å²) >= 11 is 0. The monoisotopic (exact) mass is 232 g/mol. The van der Waals surface area contributed by atoms with Crippen molar-refractivity contribution >= 4 is 0 Å². The van der Waals surface area contributed by atoms with E-state index in [1.165, 1.54) is 11.1 Å². The maximum Gasteiger partial charge on any atom is 0.0178 e. The Morgan fingerprint density at radius 3 is 1.06 bits per heavy atom. The number of hydrogen-bond donors (Lipinski definition) is 2. The van der Waals surface area contributed by atoms with Crippen molar-refractivity contribution in [1.82, 2.24) is 0 Å². The molecule has 0 unspecified atom stereocenters. The first kappa shape index (κ1) is 15.3. The summed E-state index contributed by atoms with van der Waals surface area (Å²) in [5.41, 5.74) is 13.1. The van der Waals surface area contributed by atoms with E-state index in [-0.39, 0.29) is 5.48 Å². The third-order valence-corrected chi connectivity index (χ3v) is 2.16. The van der Waals surface area contributed by atoms with Crippen molar-refractivity contribution < 1.29 is 5.48 Å². The van der Waals surface area contributed by atoms with E-state index in [2.05, 4.69) is 0 Å². The van der Waals surface area contributed by atoms with Gasteiger partial charge in [-0.2, -0.15) is 0 Å². The van der Waals surface area contributed by atoms with Gasteiger partial charge in [-0.05, 0) is 11.1 Å². The molecule has 2 aromatic rings. The molecule has 2 rings (SSSR count). The van der Waals surface area contributed by atoms with Gasteiger partial charge in [-0.3, -0.25) is 0 Å². The van der Waals surface area contributed by atoms with Gasteiger partial charge < -0.3 is 16.9 Å². The molecule has 92 valence electrons. The SMILES string of the molecule is NCc1ccccc1.NCc1ccccc1.O. The van der Waals surface area contributed by atoms with Crippen LogP contribution in [0.5, 0.6) is 0 Å². The van der Waals surface area contributed by atoms with E-state index < -0.39 is 0 Å². The van der Waals surface area contributed by atoms with Crippen LogP contribution in [0.2, 0.25) is 0 Å². The minimum atomic E-state index is 0. The van der Waals surface area contributed by atoms with Crippen molar-refractivity contribution in [2.75, 3.05) is 0 Å². The second-order valence-corrected chi connectivity index (χ2v) is 3.38. The summed E-state index contributed by atoms with van der Waals surface area (Å²) < 4.78 is 0. The highest BCUT2D eigenvalue weighted by Gasteiger charge is 1.80. The van der Waals surface area contributed by atoms with Crippen LogP contribution in [0, 0.1) is 0 Å². The third kappa shape index (κ3) is 6.48. The lowest BCUT2D eigenvalue weighted by Crippen LogP contribution is -1.94. The minimum Gasteiger partial charge on any atom is -0.412 e. The topological polar surface area (TPSA) is 83.5 Å². The van der Waals surface area contributed by atoms with Crippen LogP contribution in [0.1, 0.15) is 11.1 Å². The normalized spacial score (nSPS) is 8.59. The molecular weight excluding hydrogens is 212 g/mol. The molecule has 2 aromatic carbocycles. The summed E-state index contributed by atoms with van der Waals surface area (Å²) in [5, 5.41) is 0. The molecule has 0 saturated heterocycles. The van der Waals surface area contributed by atoms with Crippen LogP contribution in [0.15, 0.2) is 60.7 Å². The lowest BCUT2D eigenvalue weighted by atomic mass is 10.2. The average Bonchev–Trinajstić information content (AvgIpc) is 2.41. The fourth-order valence-electron chi connectivity index (χ4n) is 1.23. The number of rotatable bonds is 2. The van der Waals surface area contributed by atoms with E-state index in [9.17, 15) is 0 Å². The molecule has 17 heavy (non-hydrogen) atoms. The first-order chi connectivity index (χ1) is 7.86. The molecule has 6 N–H and O–H groups in total. The Hall–Kier alpha value is -1.68. The van der Waals surface area contributed by atoms with Crippen molar-refractivity contribution in [3.05, 3.63) is 71.8 Å². The average molecular weight is 232 g/mol. The summed E-state index contributed by atoms with van der Waals surface area (Å²) in [6, 6.07) is 20.0. The van der Waals surface area contributed by atoms with Gasteiger partial charge in [0, 0.05) is 13.1 Å². The Morgan fingerprint density at radius 2 is 0.882 bits per heavy atom. The number of hydrogen-bond acceptors (Lipinski definition) is 2. The van der Waals surface area contributed by atoms with Gasteiger partial charge in [-0.15, -0.1) is 0 Å². The van der Waals surface area contributed by atoms with Gasteiger partial charge in [-0.25, -0.2) is 0 Å². The molecule has 0 saturated carbocycles. The lowest BCUT2D eigenvalue weighted by Gasteiger charge is -1.90. The van der Waals surface area contributed by atoms with Gasteiger partial charge in [-0.1, -0.05) is 60.7 Å². The number of nitrogens with two attached hydrogens (primary N) is 2. The largest absolute Gasteiger partial charge is 0.412 e. The first-order valence-electron chi connectivity index (χ1n) is 5.34. The standard InChI is InChI=1S/2C7H9N.H2O/c2*8-6-7-4-2-1-3-5-7;/h2*1-5H,6,8H2;1H2. The van der Waals surface area contributed by atoms with Crippen LogP contribution in [0.4, 0.5) is 0 Å². The summed E-state index contributed by atoms with van der Waals surface area (Å²) in [7, 11) is 0. The molecule has 0 amide bonds. The van der Waals surface area contributed by atoms with Gasteiger partial charge in [0.25, 0.3) is 0 Å². The summed E-state index contributed by atoms with van der Waals surface area (Å²) in [6.45, 7) is 1.28. The van der Waals surface area contributed by atoms with E-state index in [4.69, 9.17) is 11.5 Å². The van der Waals surface area contributed by atoms with E-state index in [1.54, 1.807) is 0 Å². The molecule has 0 aliphatic carbocycles. The zero-order valence-corrected chi connectivity index (χ0v) is 9.84. The Kier molecular flexibility index (Phi) is 8.60. The van der Waals surface area contributed by atoms with Crippen LogP contribution in [-0.4, -0.2) is 5.48 Å². The molecule has 3 heteroatoms. The highest BCUT2D eigenvalue weighted by molar-refractivity contribution is 5.14. The van der Waals surface area contributed by atoms with Crippen molar-refractivity contribution in [2.24, 2.45) is 11.5 Å². The molecule has 0 fully saturated rings. The zero-order chi connectivity index (χ0) is 11.6. The Bertz CT molecular complexity index is 336. The zero-order valence-electron chi connectivity index (χ0n) is 9.84. The Balaban J connectivity index is 0.000000284. The first-order valence-corrected chi connectivity index (χ1v) is 5.34. The van der Waals surface area contributed by atoms with Crippen molar-refractivity contribution in [3.63, 3.8) is 0 Å². The summed E-state index contributed by atoms with van der Waals surface area (Å²) in [5.74, 6) is 0. The van der Waals surface area contributed by atoms with Crippen LogP contribution in [0.3, 0.4) is 0 Å². The maximum absolute atomic E-state index is 5.35. The molecule has 0 radical (unpaired) electrons. The Morgan fingerprint density at radius 1 is 0.588 bits per heavy atom. The molecule has 3 nitrogen and oxygen atoms in total. The second-order valence-electron chi connectivity index (χ2n) is 3.38. The molecule has 0 aliphatic rings. The molecule has 0 spiro atoms. The predicted molar refractivity (Wildman–Crippen MR) is 72.3 cm³/mol. The van der Waals surface area contributed by atoms with E-state index in [0.29, 0.717) is 13.1 Å². The number of benzene rings is 2. The Labute approximate surface area is 102 Å². The summed E-state index contributed by atoms with van der Waals surface area (Å²) in [6.07, 6.45) is 0. The van der Waals surface area contributed by atoms with Gasteiger partial charge in [0.05, 0.1) is 0 Å². The van der Waals surface area contributed by atoms with Gasteiger partial charge in [0.15, 0.2) is 0 Å². The fourth-order valence-corrected chi connectivity index (χ4v) is 1.23. The van der Waals surface area contributed by atoms with Crippen molar-refractivity contribution in [2.45, 2.75) is 13.1 Å². The highest BCUT2D eigenvalue weighted by atomic mass is 16.0. The molecule has 0 heterocycles. The minimum absolute atomic E-state index is 0. The van der Waals surface area contributed by atoms with Crippen LogP contribution in [-0.2, 0) is 13.1 Å². The van der Waals surface area contributed by atoms with Crippen molar-refractivity contribution in [3.8, 4) is 0 Å². The molecule has 0 bridgehead atoms. The van der Waals surface area contributed by atoms with E-state index >= 15 is 0 Å². The molecular formula is C14H20N2O. The maximum atomic E-state index is 5.35. The van der Waals surface area contributed by atoms with E-state index in [0.717, 1.165) is 0 Å². The third-order valence-electron chi connectivity index (χ3n) is 2.16.